The monoisotopic (exact) mass is 330 g/mol. The van der Waals surface area contributed by atoms with Gasteiger partial charge in [0.1, 0.15) is 12.4 Å². The van der Waals surface area contributed by atoms with Crippen LogP contribution in [0.1, 0.15) is 11.3 Å². The molecule has 0 spiro atoms. The van der Waals surface area contributed by atoms with Crippen LogP contribution in [0, 0.1) is 6.07 Å². The molecule has 2 aromatic rings. The largest absolute Gasteiger partial charge is 0.467 e. The van der Waals surface area contributed by atoms with Crippen LogP contribution in [0.15, 0.2) is 47.1 Å². The molecule has 4 heteroatoms. The second-order valence-corrected chi connectivity index (χ2v) is 2.96. The van der Waals surface area contributed by atoms with Crippen LogP contribution < -0.4 is 0 Å². The van der Waals surface area contributed by atoms with Gasteiger partial charge in [-0.05, 0) is 12.1 Å². The number of halogens is 1. The van der Waals surface area contributed by atoms with Gasteiger partial charge in [-0.1, -0.05) is 0 Å². The van der Waals surface area contributed by atoms with Crippen LogP contribution in [0.4, 0.5) is 0 Å². The van der Waals surface area contributed by atoms with Crippen LogP contribution in [0.2, 0.25) is 0 Å². The molecule has 0 atom stereocenters. The van der Waals surface area contributed by atoms with Gasteiger partial charge in [-0.2, -0.15) is 30.3 Å². The summed E-state index contributed by atoms with van der Waals surface area (Å²) < 4.78 is 10.6. The van der Waals surface area contributed by atoms with Gasteiger partial charge in [-0.15, -0.1) is 5.56 Å². The average Bonchev–Trinajstić information content (AvgIpc) is 2.86. The molecule has 80 valence electrons. The first-order valence-corrected chi connectivity index (χ1v) is 11.7. The minimum atomic E-state index is 0.510. The molecule has 0 radical (unpaired) electrons. The van der Waals surface area contributed by atoms with Crippen LogP contribution in [-0.2, 0) is 34.3 Å². The van der Waals surface area contributed by atoms with Crippen LogP contribution in [0.3, 0.4) is 0 Å². The Hall–Kier alpha value is -0.437. The molecule has 0 aliphatic heterocycles. The molecule has 0 saturated carbocycles. The normalized spacial score (nSPS) is 9.44. The summed E-state index contributed by atoms with van der Waals surface area (Å²) in [5.74, 6) is 0.848. The molecular weight excluding hydrogens is 321 g/mol. The van der Waals surface area contributed by atoms with E-state index in [4.69, 9.17) is 9.15 Å². The molecule has 0 amide bonds. The Morgan fingerprint density at radius 3 is 2.69 bits per heavy atom. The second kappa shape index (κ2) is 8.69. The average molecular weight is 333 g/mol. The van der Waals surface area contributed by atoms with Crippen molar-refractivity contribution in [2.24, 2.45) is 0 Å². The van der Waals surface area contributed by atoms with Crippen molar-refractivity contribution in [3.63, 3.8) is 0 Å². The number of hydrogen-bond acceptors (Lipinski definition) is 2. The molecule has 1 heterocycles. The predicted octanol–water partition coefficient (Wildman–Crippen LogP) is 3.64. The van der Waals surface area contributed by atoms with Gasteiger partial charge in [0.2, 0.25) is 0 Å². The standard InChI is InChI=1S/C12H11O2.BrH.Zn/c1-2-5-11(6-3-1)9-13-10-12-7-4-8-14-12;;/h1-5,7-8H,9-10H2;1H;/q-1;;+2/p-1. The molecule has 0 bridgehead atoms. The number of rotatable bonds is 4. The van der Waals surface area contributed by atoms with Gasteiger partial charge in [-0.25, -0.2) is 0 Å². The first-order chi connectivity index (χ1) is 7.95. The second-order valence-electron chi connectivity index (χ2n) is 2.96. The van der Waals surface area contributed by atoms with E-state index >= 15 is 0 Å². The van der Waals surface area contributed by atoms with E-state index in [1.54, 1.807) is 6.26 Å². The van der Waals surface area contributed by atoms with Crippen molar-refractivity contribution in [1.29, 1.82) is 0 Å². The summed E-state index contributed by atoms with van der Waals surface area (Å²) in [6, 6.07) is 14.6. The van der Waals surface area contributed by atoms with E-state index in [0.29, 0.717) is 13.2 Å². The minimum absolute atomic E-state index is 0.510. The molecule has 2 rings (SSSR count). The van der Waals surface area contributed by atoms with Gasteiger partial charge in [-0.3, -0.25) is 0 Å². The number of benzene rings is 1. The number of furan rings is 1. The smallest absolute Gasteiger partial charge is 0.129 e. The van der Waals surface area contributed by atoms with E-state index in [2.05, 4.69) is 19.7 Å². The van der Waals surface area contributed by atoms with Crippen LogP contribution in [0.25, 0.3) is 0 Å². The van der Waals surface area contributed by atoms with Gasteiger partial charge in [0.05, 0.1) is 6.26 Å². The van der Waals surface area contributed by atoms with E-state index in [0.717, 1.165) is 11.3 Å². The molecule has 0 N–H and O–H groups in total. The maximum atomic E-state index is 5.44. The molecule has 0 fully saturated rings. The van der Waals surface area contributed by atoms with E-state index in [9.17, 15) is 0 Å². The summed E-state index contributed by atoms with van der Waals surface area (Å²) in [4.78, 5) is 0. The Bertz CT molecular complexity index is 362. The van der Waals surface area contributed by atoms with Crippen LogP contribution in [-0.4, -0.2) is 0 Å². The van der Waals surface area contributed by atoms with Gasteiger partial charge < -0.3 is 9.15 Å². The molecule has 16 heavy (non-hydrogen) atoms. The van der Waals surface area contributed by atoms with Gasteiger partial charge in [0.25, 0.3) is 0 Å². The molecule has 0 aliphatic carbocycles. The SMILES string of the molecule is [Zn+][Br].[c-]1ccccc1COCc1ccco1. The first kappa shape index (κ1) is 13.6. The molecule has 0 unspecified atom stereocenters. The van der Waals surface area contributed by atoms with Crippen molar-refractivity contribution < 1.29 is 25.5 Å². The molecule has 1 aromatic carbocycles. The zero-order chi connectivity index (χ0) is 11.6. The van der Waals surface area contributed by atoms with E-state index < -0.39 is 0 Å². The maximum absolute atomic E-state index is 5.44. The molecule has 2 nitrogen and oxygen atoms in total. The van der Waals surface area contributed by atoms with Crippen LogP contribution >= 0.6 is 13.6 Å². The minimum Gasteiger partial charge on any atom is -0.467 e. The summed E-state index contributed by atoms with van der Waals surface area (Å²) in [5.41, 5.74) is 1.05. The third-order valence-corrected chi connectivity index (χ3v) is 1.86. The van der Waals surface area contributed by atoms with Gasteiger partial charge in [0, 0.05) is 6.61 Å². The van der Waals surface area contributed by atoms with Crippen LogP contribution in [0.5, 0.6) is 0 Å². The van der Waals surface area contributed by atoms with E-state index in [-0.39, 0.29) is 0 Å². The Balaban J connectivity index is 0.000000606. The molecular formula is C12H11BrO2Zn. The summed E-state index contributed by atoms with van der Waals surface area (Å²) in [7, 11) is 0. The Labute approximate surface area is 112 Å². The summed E-state index contributed by atoms with van der Waals surface area (Å²) in [6.07, 6.45) is 1.65. The van der Waals surface area contributed by atoms with E-state index in [1.807, 2.05) is 36.4 Å². The fourth-order valence-corrected chi connectivity index (χ4v) is 1.18. The fourth-order valence-electron chi connectivity index (χ4n) is 1.18. The third kappa shape index (κ3) is 5.06. The summed E-state index contributed by atoms with van der Waals surface area (Å²) >= 11 is 4.25. The Morgan fingerprint density at radius 1 is 1.19 bits per heavy atom. The zero-order valence-electron chi connectivity index (χ0n) is 8.86. The van der Waals surface area contributed by atoms with Gasteiger partial charge >= 0.3 is 30.0 Å². The van der Waals surface area contributed by atoms with Crippen molar-refractivity contribution in [2.45, 2.75) is 13.2 Å². The van der Waals surface area contributed by atoms with Crippen molar-refractivity contribution in [2.75, 3.05) is 0 Å². The summed E-state index contributed by atoms with van der Waals surface area (Å²) in [6.45, 7) is 1.08. The number of ether oxygens (including phenoxy) is 1. The zero-order valence-corrected chi connectivity index (χ0v) is 13.4. The Kier molecular flexibility index (Phi) is 7.40. The first-order valence-electron chi connectivity index (χ1n) is 4.77. The molecule has 1 aromatic heterocycles. The van der Waals surface area contributed by atoms with E-state index in [1.165, 1.54) is 16.3 Å². The van der Waals surface area contributed by atoms with Crippen molar-refractivity contribution in [3.05, 3.63) is 60.1 Å². The van der Waals surface area contributed by atoms with Crippen molar-refractivity contribution >= 4 is 13.6 Å². The van der Waals surface area contributed by atoms with Crippen molar-refractivity contribution in [1.82, 2.24) is 0 Å². The topological polar surface area (TPSA) is 22.4 Å². The molecule has 0 aliphatic rings. The molecule has 0 saturated heterocycles. The Morgan fingerprint density at radius 2 is 2.06 bits per heavy atom. The summed E-state index contributed by atoms with van der Waals surface area (Å²) in [5, 5.41) is 0. The van der Waals surface area contributed by atoms with Crippen molar-refractivity contribution in [3.8, 4) is 0 Å². The maximum Gasteiger partial charge on any atom is 0.129 e. The third-order valence-electron chi connectivity index (χ3n) is 1.86. The number of hydrogen-bond donors (Lipinski definition) is 0. The fraction of sp³-hybridized carbons (Fsp3) is 0.167. The van der Waals surface area contributed by atoms with Gasteiger partial charge in [0.15, 0.2) is 0 Å². The predicted molar refractivity (Wildman–Crippen MR) is 61.4 cm³/mol. The quantitative estimate of drug-likeness (QED) is 0.630.